The summed E-state index contributed by atoms with van der Waals surface area (Å²) in [5, 5.41) is 10.5. The monoisotopic (exact) mass is 484 g/mol. The molecular weight excluding hydrogens is 462 g/mol. The Morgan fingerprint density at radius 1 is 1.03 bits per heavy atom. The zero-order valence-electron chi connectivity index (χ0n) is 18.0. The molecule has 1 unspecified atom stereocenters. The number of rotatable bonds is 8. The molecule has 3 aromatic carbocycles. The molecule has 0 spiro atoms. The Morgan fingerprint density at radius 2 is 1.85 bits per heavy atom. The van der Waals surface area contributed by atoms with Gasteiger partial charge in [0.15, 0.2) is 0 Å². The lowest BCUT2D eigenvalue weighted by Crippen LogP contribution is -2.06. The van der Waals surface area contributed by atoms with Crippen LogP contribution < -0.4 is 0 Å². The van der Waals surface area contributed by atoms with Gasteiger partial charge in [-0.05, 0) is 84.3 Å². The highest BCUT2D eigenvalue weighted by Gasteiger charge is 2.16. The number of aromatic nitrogens is 2. The summed E-state index contributed by atoms with van der Waals surface area (Å²) in [5.74, 6) is -0.343. The third kappa shape index (κ3) is 5.55. The zero-order valence-corrected chi connectivity index (χ0v) is 19.6. The van der Waals surface area contributed by atoms with Crippen molar-refractivity contribution in [2.75, 3.05) is 0 Å². The predicted molar refractivity (Wildman–Crippen MR) is 130 cm³/mol. The number of aromatic amines is 1. The van der Waals surface area contributed by atoms with Gasteiger partial charge >= 0.3 is 5.97 Å². The van der Waals surface area contributed by atoms with E-state index in [1.165, 1.54) is 12.1 Å². The Balaban J connectivity index is 1.52. The van der Waals surface area contributed by atoms with Crippen LogP contribution in [0.15, 0.2) is 54.6 Å². The number of carbonyl (C=O) groups is 1. The first-order valence-electron chi connectivity index (χ1n) is 10.7. The van der Waals surface area contributed by atoms with Crippen molar-refractivity contribution in [3.63, 3.8) is 0 Å². The number of nitrogens with one attached hydrogen (secondary N) is 1. The van der Waals surface area contributed by atoms with Gasteiger partial charge in [-0.1, -0.05) is 42.3 Å². The maximum absolute atomic E-state index is 13.5. The van der Waals surface area contributed by atoms with Crippen molar-refractivity contribution in [2.24, 2.45) is 0 Å². The van der Waals surface area contributed by atoms with Gasteiger partial charge in [-0.2, -0.15) is 0 Å². The highest BCUT2D eigenvalue weighted by molar-refractivity contribution is 6.42. The lowest BCUT2D eigenvalue weighted by Gasteiger charge is -2.18. The van der Waals surface area contributed by atoms with Crippen molar-refractivity contribution in [2.45, 2.75) is 38.5 Å². The van der Waals surface area contributed by atoms with E-state index in [-0.39, 0.29) is 17.3 Å². The van der Waals surface area contributed by atoms with Crippen LogP contribution in [-0.4, -0.2) is 21.0 Å². The van der Waals surface area contributed by atoms with Crippen molar-refractivity contribution < 1.29 is 14.3 Å². The number of H-pyrrole nitrogens is 1. The number of carboxylic acid groups (broad SMARTS) is 1. The van der Waals surface area contributed by atoms with Crippen LogP contribution in [0.3, 0.4) is 0 Å². The molecule has 0 radical (unpaired) electrons. The molecule has 0 aliphatic carbocycles. The summed E-state index contributed by atoms with van der Waals surface area (Å²) in [6.07, 6.45) is 2.95. The van der Waals surface area contributed by atoms with Crippen LogP contribution in [0.2, 0.25) is 10.0 Å². The maximum Gasteiger partial charge on any atom is 0.335 e. The van der Waals surface area contributed by atoms with Gasteiger partial charge in [-0.3, -0.25) is 0 Å². The Kier molecular flexibility index (Phi) is 7.01. The second-order valence-corrected chi connectivity index (χ2v) is 9.07. The number of aryl methyl sites for hydroxylation is 3. The number of imidazole rings is 1. The topological polar surface area (TPSA) is 66.0 Å². The fourth-order valence-corrected chi connectivity index (χ4v) is 4.38. The third-order valence-corrected chi connectivity index (χ3v) is 6.64. The van der Waals surface area contributed by atoms with E-state index in [4.69, 9.17) is 23.2 Å². The molecule has 1 heterocycles. The average molecular weight is 485 g/mol. The van der Waals surface area contributed by atoms with Gasteiger partial charge in [-0.15, -0.1) is 0 Å². The summed E-state index contributed by atoms with van der Waals surface area (Å²) in [6.45, 7) is 2.10. The quantitative estimate of drug-likeness (QED) is 0.277. The van der Waals surface area contributed by atoms with Crippen LogP contribution in [0.4, 0.5) is 4.39 Å². The molecule has 0 aliphatic heterocycles. The van der Waals surface area contributed by atoms with E-state index in [9.17, 15) is 14.3 Å². The number of hydrogen-bond donors (Lipinski definition) is 2. The van der Waals surface area contributed by atoms with Gasteiger partial charge in [0.25, 0.3) is 0 Å². The van der Waals surface area contributed by atoms with Crippen LogP contribution in [0.1, 0.15) is 52.1 Å². The number of halogens is 3. The fraction of sp³-hybridized carbons (Fsp3) is 0.231. The molecule has 0 bridgehead atoms. The Bertz CT molecular complexity index is 1320. The normalized spacial score (nSPS) is 12.2. The molecule has 1 atom stereocenters. The first-order valence-corrected chi connectivity index (χ1v) is 11.5. The molecule has 0 saturated carbocycles. The minimum atomic E-state index is -0.946. The first kappa shape index (κ1) is 23.3. The number of nitrogens with zero attached hydrogens (tertiary/aromatic N) is 1. The number of hydrogen-bond acceptors (Lipinski definition) is 2. The summed E-state index contributed by atoms with van der Waals surface area (Å²) in [5.41, 5.74) is 4.84. The van der Waals surface area contributed by atoms with E-state index in [0.29, 0.717) is 28.4 Å². The van der Waals surface area contributed by atoms with Crippen molar-refractivity contribution in [3.05, 3.63) is 98.5 Å². The van der Waals surface area contributed by atoms with Crippen molar-refractivity contribution in [3.8, 4) is 0 Å². The van der Waals surface area contributed by atoms with E-state index in [1.807, 2.05) is 18.2 Å². The molecule has 1 aromatic heterocycles. The number of carboxylic acids is 1. The molecule has 0 saturated heterocycles. The van der Waals surface area contributed by atoms with Crippen LogP contribution in [0, 0.1) is 5.82 Å². The molecule has 33 heavy (non-hydrogen) atoms. The Labute approximate surface area is 201 Å². The summed E-state index contributed by atoms with van der Waals surface area (Å²) >= 11 is 12.1. The van der Waals surface area contributed by atoms with Crippen LogP contribution in [0.25, 0.3) is 11.0 Å². The molecule has 0 fully saturated rings. The van der Waals surface area contributed by atoms with Crippen molar-refractivity contribution in [1.29, 1.82) is 0 Å². The highest BCUT2D eigenvalue weighted by atomic mass is 35.5. The smallest absolute Gasteiger partial charge is 0.335 e. The highest BCUT2D eigenvalue weighted by Crippen LogP contribution is 2.29. The van der Waals surface area contributed by atoms with Gasteiger partial charge in [0, 0.05) is 6.42 Å². The Hall–Kier alpha value is -2.89. The maximum atomic E-state index is 13.5. The summed E-state index contributed by atoms with van der Waals surface area (Å²) in [6, 6.07) is 15.4. The molecular formula is C26H23Cl2FN2O2. The predicted octanol–water partition coefficient (Wildman–Crippen LogP) is 7.23. The van der Waals surface area contributed by atoms with Crippen molar-refractivity contribution in [1.82, 2.24) is 9.97 Å². The molecule has 0 aliphatic rings. The molecule has 4 nitrogen and oxygen atoms in total. The summed E-state index contributed by atoms with van der Waals surface area (Å²) < 4.78 is 13.5. The standard InChI is InChI=1S/C26H23Cl2FN2O2/c1-15(2-3-16-4-9-21(27)22(28)12-16)20-13-18(26(32)33)6-5-17(20)7-11-25-30-23-10-8-19(29)14-24(23)31-25/h4-6,8-10,12-15H,2-3,7,11H2,1H3,(H,30,31)(H,32,33). The fourth-order valence-electron chi connectivity index (χ4n) is 4.05. The van der Waals surface area contributed by atoms with Gasteiger partial charge < -0.3 is 10.1 Å². The van der Waals surface area contributed by atoms with Crippen LogP contribution in [0.5, 0.6) is 0 Å². The molecule has 4 rings (SSSR count). The second-order valence-electron chi connectivity index (χ2n) is 8.25. The van der Waals surface area contributed by atoms with Gasteiger partial charge in [0.1, 0.15) is 11.6 Å². The zero-order chi connectivity index (χ0) is 23.5. The van der Waals surface area contributed by atoms with Gasteiger partial charge in [0.05, 0.1) is 26.6 Å². The lowest BCUT2D eigenvalue weighted by atomic mass is 9.87. The number of benzene rings is 3. The summed E-state index contributed by atoms with van der Waals surface area (Å²) in [7, 11) is 0. The Morgan fingerprint density at radius 3 is 2.61 bits per heavy atom. The van der Waals surface area contributed by atoms with Crippen LogP contribution in [-0.2, 0) is 19.3 Å². The van der Waals surface area contributed by atoms with E-state index >= 15 is 0 Å². The molecule has 170 valence electrons. The number of fused-ring (bicyclic) bond motifs is 1. The number of aromatic carboxylic acids is 1. The van der Waals surface area contributed by atoms with Crippen LogP contribution >= 0.6 is 23.2 Å². The molecule has 4 aromatic rings. The molecule has 2 N–H and O–H groups in total. The minimum absolute atomic E-state index is 0.138. The first-order chi connectivity index (χ1) is 15.8. The SMILES string of the molecule is CC(CCc1ccc(Cl)c(Cl)c1)c1cc(C(=O)O)ccc1CCc1nc2ccc(F)cc2[nH]1. The summed E-state index contributed by atoms with van der Waals surface area (Å²) in [4.78, 5) is 19.3. The van der Waals surface area contributed by atoms with Crippen molar-refractivity contribution >= 4 is 40.2 Å². The van der Waals surface area contributed by atoms with Gasteiger partial charge in [0.2, 0.25) is 0 Å². The van der Waals surface area contributed by atoms with E-state index < -0.39 is 5.97 Å². The van der Waals surface area contributed by atoms with E-state index in [0.717, 1.165) is 40.9 Å². The largest absolute Gasteiger partial charge is 0.478 e. The molecule has 0 amide bonds. The minimum Gasteiger partial charge on any atom is -0.478 e. The lowest BCUT2D eigenvalue weighted by molar-refractivity contribution is 0.0696. The third-order valence-electron chi connectivity index (χ3n) is 5.90. The van der Waals surface area contributed by atoms with E-state index in [2.05, 4.69) is 16.9 Å². The second kappa shape index (κ2) is 9.94. The average Bonchev–Trinajstić information content (AvgIpc) is 3.20. The van der Waals surface area contributed by atoms with E-state index in [1.54, 1.807) is 24.3 Å². The van der Waals surface area contributed by atoms with Gasteiger partial charge in [-0.25, -0.2) is 14.2 Å². The molecule has 7 heteroatoms.